The molecule has 1 aliphatic rings. The Labute approximate surface area is 213 Å². The molecule has 1 heterocycles. The van der Waals surface area contributed by atoms with E-state index in [0.717, 1.165) is 42.7 Å². The zero-order valence-corrected chi connectivity index (χ0v) is 21.7. The van der Waals surface area contributed by atoms with Crippen LogP contribution in [0.1, 0.15) is 54.1 Å². The third kappa shape index (κ3) is 7.22. The molecule has 1 aliphatic heterocycles. The smallest absolute Gasteiger partial charge is 0.359 e. The van der Waals surface area contributed by atoms with Gasteiger partial charge in [-0.2, -0.15) is 10.0 Å². The van der Waals surface area contributed by atoms with Crippen LogP contribution in [-0.4, -0.2) is 52.0 Å². The second kappa shape index (κ2) is 12.4. The monoisotopic (exact) mass is 519 g/mol. The number of rotatable bonds is 12. The Morgan fingerprint density at radius 3 is 2.26 bits per heavy atom. The average Bonchev–Trinajstić information content (AvgIpc) is 2.84. The fourth-order valence-electron chi connectivity index (χ4n) is 4.30. The minimum atomic E-state index is -1.41. The summed E-state index contributed by atoms with van der Waals surface area (Å²) in [7, 11) is -0.101. The summed E-state index contributed by atoms with van der Waals surface area (Å²) < 4.78 is 17.4. The molecule has 0 aromatic heterocycles. The number of ether oxygens (including phenoxy) is 1. The number of aryl methyl sites for hydroxylation is 1. The van der Waals surface area contributed by atoms with Crippen LogP contribution in [0.3, 0.4) is 0 Å². The van der Waals surface area contributed by atoms with Crippen LogP contribution in [0.15, 0.2) is 48.5 Å². The molecule has 2 aromatic rings. The summed E-state index contributed by atoms with van der Waals surface area (Å²) in [6.07, 6.45) is 4.77. The standard InChI is InChI=1S/C26H31ClN2O5S/c1-19(30)28-29(16-6-4-3-5-7-20-10-14-23(27)15-11-20)17-24(25(29)31)35(33)18-21-8-12-22(13-9-21)26(32)34-2/h8-15,24H,3-7,16-18H2,1-2H3/p+1. The van der Waals surface area contributed by atoms with E-state index in [0.29, 0.717) is 18.7 Å². The van der Waals surface area contributed by atoms with Crippen LogP contribution in [-0.2, 0) is 37.3 Å². The lowest BCUT2D eigenvalue weighted by molar-refractivity contribution is -0.912. The van der Waals surface area contributed by atoms with Crippen molar-refractivity contribution in [1.29, 1.82) is 0 Å². The Morgan fingerprint density at radius 1 is 1.03 bits per heavy atom. The molecule has 0 saturated carbocycles. The van der Waals surface area contributed by atoms with Crippen LogP contribution in [0.2, 0.25) is 5.02 Å². The Morgan fingerprint density at radius 2 is 1.66 bits per heavy atom. The summed E-state index contributed by atoms with van der Waals surface area (Å²) >= 11 is 5.92. The summed E-state index contributed by atoms with van der Waals surface area (Å²) in [5.41, 5.74) is 5.23. The van der Waals surface area contributed by atoms with Crippen molar-refractivity contribution in [3.63, 3.8) is 0 Å². The minimum absolute atomic E-state index is 0.135. The van der Waals surface area contributed by atoms with E-state index in [1.165, 1.54) is 19.6 Å². The number of methoxy groups -OCH3 is 1. The molecule has 3 unspecified atom stereocenters. The summed E-state index contributed by atoms with van der Waals surface area (Å²) in [4.78, 5) is 36.4. The van der Waals surface area contributed by atoms with Gasteiger partial charge in [0.2, 0.25) is 5.25 Å². The Hall–Kier alpha value is -2.55. The molecule has 7 nitrogen and oxygen atoms in total. The number of esters is 1. The first-order valence-corrected chi connectivity index (χ1v) is 13.5. The first-order valence-electron chi connectivity index (χ1n) is 11.7. The lowest BCUT2D eigenvalue weighted by atomic mass is 10.1. The maximum atomic E-state index is 13.1. The van der Waals surface area contributed by atoms with Gasteiger partial charge < -0.3 is 4.74 Å². The Bertz CT molecular complexity index is 1070. The van der Waals surface area contributed by atoms with Gasteiger partial charge in [0, 0.05) is 28.5 Å². The van der Waals surface area contributed by atoms with E-state index in [1.807, 2.05) is 24.3 Å². The third-order valence-corrected chi connectivity index (χ3v) is 8.07. The highest BCUT2D eigenvalue weighted by Gasteiger charge is 2.58. The lowest BCUT2D eigenvalue weighted by Crippen LogP contribution is -2.78. The summed E-state index contributed by atoms with van der Waals surface area (Å²) in [5.74, 6) is -0.702. The van der Waals surface area contributed by atoms with Crippen LogP contribution < -0.4 is 5.43 Å². The molecular formula is C26H32ClN2O5S+. The van der Waals surface area contributed by atoms with E-state index in [1.54, 1.807) is 24.3 Å². The van der Waals surface area contributed by atoms with Gasteiger partial charge in [0.1, 0.15) is 13.1 Å². The van der Waals surface area contributed by atoms with Gasteiger partial charge >= 0.3 is 11.9 Å². The molecule has 1 fully saturated rings. The van der Waals surface area contributed by atoms with Gasteiger partial charge in [-0.3, -0.25) is 9.00 Å². The lowest BCUT2D eigenvalue weighted by Gasteiger charge is -2.45. The van der Waals surface area contributed by atoms with E-state index < -0.39 is 22.0 Å². The average molecular weight is 520 g/mol. The fourth-order valence-corrected chi connectivity index (χ4v) is 6.00. The number of halogens is 1. The predicted octanol–water partition coefficient (Wildman–Crippen LogP) is 3.96. The number of nitrogens with zero attached hydrogens (tertiary/aromatic N) is 1. The topological polar surface area (TPSA) is 89.5 Å². The van der Waals surface area contributed by atoms with Gasteiger partial charge in [-0.25, -0.2) is 9.59 Å². The zero-order chi connectivity index (χ0) is 25.4. The first-order chi connectivity index (χ1) is 16.7. The van der Waals surface area contributed by atoms with E-state index in [2.05, 4.69) is 10.2 Å². The number of β-lactam (4-membered cyclic amide) rings is 1. The van der Waals surface area contributed by atoms with Gasteiger partial charge in [0.05, 0.1) is 12.7 Å². The third-order valence-electron chi connectivity index (χ3n) is 6.22. The summed E-state index contributed by atoms with van der Waals surface area (Å²) in [5, 5.41) is 0.114. The first kappa shape index (κ1) is 27.0. The van der Waals surface area contributed by atoms with Gasteiger partial charge in [0.25, 0.3) is 5.91 Å². The highest BCUT2D eigenvalue weighted by molar-refractivity contribution is 7.85. The van der Waals surface area contributed by atoms with Gasteiger partial charge in [-0.1, -0.05) is 42.3 Å². The van der Waals surface area contributed by atoms with Crippen LogP contribution in [0.25, 0.3) is 0 Å². The molecule has 188 valence electrons. The molecule has 0 bridgehead atoms. The number of quaternary nitrogens is 1. The van der Waals surface area contributed by atoms with Crippen molar-refractivity contribution in [2.75, 3.05) is 20.2 Å². The highest BCUT2D eigenvalue weighted by atomic mass is 35.5. The van der Waals surface area contributed by atoms with Crippen LogP contribution in [0.4, 0.5) is 0 Å². The molecule has 3 atom stereocenters. The number of carbonyl (C=O) groups excluding carboxylic acids is 3. The van der Waals surface area contributed by atoms with Crippen molar-refractivity contribution in [1.82, 2.24) is 5.43 Å². The van der Waals surface area contributed by atoms with Crippen LogP contribution >= 0.6 is 11.6 Å². The number of carbonyl (C=O) groups is 3. The Kier molecular flexibility index (Phi) is 9.60. The van der Waals surface area contributed by atoms with E-state index in [4.69, 9.17) is 11.6 Å². The largest absolute Gasteiger partial charge is 0.465 e. The van der Waals surface area contributed by atoms with Crippen molar-refractivity contribution in [3.05, 3.63) is 70.2 Å². The molecule has 0 spiro atoms. The molecule has 1 saturated heterocycles. The second-order valence-corrected chi connectivity index (χ2v) is 10.9. The van der Waals surface area contributed by atoms with Crippen LogP contribution in [0, 0.1) is 0 Å². The molecule has 2 aromatic carbocycles. The molecule has 3 rings (SSSR count). The van der Waals surface area contributed by atoms with Crippen molar-refractivity contribution in [3.8, 4) is 0 Å². The summed E-state index contributed by atoms with van der Waals surface area (Å²) in [6.45, 7) is 2.23. The molecular weight excluding hydrogens is 488 g/mol. The van der Waals surface area contributed by atoms with Crippen molar-refractivity contribution >= 4 is 40.2 Å². The SMILES string of the molecule is COC(=O)c1ccc(CS(=O)C2C[N+](CCCCCCc3ccc(Cl)cc3)(NC(C)=O)C2=O)cc1. The van der Waals surface area contributed by atoms with Crippen molar-refractivity contribution < 1.29 is 27.9 Å². The number of benzene rings is 2. The van der Waals surface area contributed by atoms with E-state index in [9.17, 15) is 18.6 Å². The predicted molar refractivity (Wildman–Crippen MR) is 136 cm³/mol. The molecule has 2 amide bonds. The number of unbranched alkanes of at least 4 members (excludes halogenated alkanes) is 3. The Balaban J connectivity index is 1.47. The highest BCUT2D eigenvalue weighted by Crippen LogP contribution is 2.27. The number of amides is 2. The van der Waals surface area contributed by atoms with E-state index in [-0.39, 0.29) is 22.2 Å². The fraction of sp³-hybridized carbons (Fsp3) is 0.423. The zero-order valence-electron chi connectivity index (χ0n) is 20.1. The van der Waals surface area contributed by atoms with E-state index >= 15 is 0 Å². The van der Waals surface area contributed by atoms with Crippen LogP contribution in [0.5, 0.6) is 0 Å². The maximum Gasteiger partial charge on any atom is 0.359 e. The second-order valence-electron chi connectivity index (χ2n) is 8.87. The number of hydrogen-bond donors (Lipinski definition) is 1. The maximum absolute atomic E-state index is 13.1. The summed E-state index contributed by atoms with van der Waals surface area (Å²) in [6, 6.07) is 14.5. The number of likely N-dealkylation sites (tertiary alicyclic amines) is 1. The van der Waals surface area contributed by atoms with Gasteiger partial charge in [0.15, 0.2) is 0 Å². The molecule has 9 heteroatoms. The van der Waals surface area contributed by atoms with Gasteiger partial charge in [-0.15, -0.1) is 0 Å². The van der Waals surface area contributed by atoms with Crippen molar-refractivity contribution in [2.24, 2.45) is 0 Å². The minimum Gasteiger partial charge on any atom is -0.465 e. The van der Waals surface area contributed by atoms with Gasteiger partial charge in [-0.05, 0) is 61.1 Å². The normalized spacial score (nSPS) is 20.1. The molecule has 0 aliphatic carbocycles. The quantitative estimate of drug-likeness (QED) is 0.198. The number of nitrogens with one attached hydrogen (secondary N) is 1. The number of hydrogen-bond acceptors (Lipinski definition) is 5. The molecule has 35 heavy (non-hydrogen) atoms. The molecule has 0 radical (unpaired) electrons. The molecule has 1 N–H and O–H groups in total. The van der Waals surface area contributed by atoms with Crippen molar-refractivity contribution in [2.45, 2.75) is 50.0 Å².